The molecule has 1 fully saturated rings. The predicted octanol–water partition coefficient (Wildman–Crippen LogP) is 2.41. The summed E-state index contributed by atoms with van der Waals surface area (Å²) in [5, 5.41) is 4.14. The lowest BCUT2D eigenvalue weighted by Crippen LogP contribution is -2.32. The average molecular weight is 287 g/mol. The first-order valence-corrected chi connectivity index (χ1v) is 7.69. The van der Waals surface area contributed by atoms with Gasteiger partial charge in [0.25, 0.3) is 5.91 Å². The van der Waals surface area contributed by atoms with E-state index in [0.29, 0.717) is 24.7 Å². The van der Waals surface area contributed by atoms with Crippen LogP contribution in [0.25, 0.3) is 0 Å². The highest BCUT2D eigenvalue weighted by Crippen LogP contribution is 2.30. The van der Waals surface area contributed by atoms with Gasteiger partial charge in [0, 0.05) is 30.9 Å². The lowest BCUT2D eigenvalue weighted by atomic mass is 10.2. The molecule has 0 aliphatic heterocycles. The number of hydrogen-bond donors (Lipinski definition) is 1. The minimum absolute atomic E-state index is 0.0794. The molecular weight excluding hydrogens is 270 g/mol. The molecule has 4 nitrogen and oxygen atoms in total. The van der Waals surface area contributed by atoms with E-state index in [9.17, 15) is 4.79 Å². The molecule has 1 saturated carbocycles. The van der Waals surface area contributed by atoms with Crippen molar-refractivity contribution in [1.29, 1.82) is 0 Å². The van der Waals surface area contributed by atoms with Gasteiger partial charge in [0.2, 0.25) is 0 Å². The van der Waals surface area contributed by atoms with Gasteiger partial charge >= 0.3 is 0 Å². The molecule has 0 saturated heterocycles. The van der Waals surface area contributed by atoms with Crippen molar-refractivity contribution >= 4 is 17.2 Å². The zero-order valence-electron chi connectivity index (χ0n) is 11.2. The van der Waals surface area contributed by atoms with Gasteiger partial charge in [-0.2, -0.15) is 11.3 Å². The van der Waals surface area contributed by atoms with E-state index >= 15 is 0 Å². The zero-order valence-corrected chi connectivity index (χ0v) is 12.0. The van der Waals surface area contributed by atoms with Crippen LogP contribution in [0.3, 0.4) is 0 Å². The fourth-order valence-corrected chi connectivity index (χ4v) is 2.88. The van der Waals surface area contributed by atoms with Crippen molar-refractivity contribution in [3.8, 4) is 0 Å². The topological polar surface area (TPSA) is 59.2 Å². The Kier molecular flexibility index (Phi) is 3.80. The number of nitrogens with zero attached hydrogens (tertiary/aromatic N) is 2. The third-order valence-corrected chi connectivity index (χ3v) is 4.19. The quantitative estimate of drug-likeness (QED) is 0.918. The molecule has 104 valence electrons. The number of amides is 1. The first kappa shape index (κ1) is 13.3. The molecule has 0 aromatic carbocycles. The van der Waals surface area contributed by atoms with E-state index in [-0.39, 0.29) is 5.91 Å². The van der Waals surface area contributed by atoms with E-state index in [4.69, 9.17) is 5.73 Å². The van der Waals surface area contributed by atoms with Crippen LogP contribution in [0.2, 0.25) is 0 Å². The van der Waals surface area contributed by atoms with Crippen LogP contribution in [0.1, 0.15) is 34.5 Å². The Balaban J connectivity index is 1.81. The van der Waals surface area contributed by atoms with Crippen molar-refractivity contribution < 1.29 is 4.79 Å². The SMILES string of the molecule is NCc1cc(C(=O)N(Cc2ccsc2)C2CC2)ccn1. The lowest BCUT2D eigenvalue weighted by Gasteiger charge is -2.22. The third kappa shape index (κ3) is 2.89. The van der Waals surface area contributed by atoms with Gasteiger partial charge in [0.05, 0.1) is 5.69 Å². The molecule has 2 heterocycles. The van der Waals surface area contributed by atoms with Gasteiger partial charge in [0.1, 0.15) is 0 Å². The van der Waals surface area contributed by atoms with E-state index in [1.54, 1.807) is 29.7 Å². The largest absolute Gasteiger partial charge is 0.331 e. The molecule has 0 radical (unpaired) electrons. The van der Waals surface area contributed by atoms with E-state index in [2.05, 4.69) is 16.4 Å². The molecule has 1 aliphatic rings. The number of thiophene rings is 1. The Bertz CT molecular complexity index is 593. The van der Waals surface area contributed by atoms with Crippen molar-refractivity contribution in [2.45, 2.75) is 32.0 Å². The van der Waals surface area contributed by atoms with E-state index < -0.39 is 0 Å². The number of aromatic nitrogens is 1. The smallest absolute Gasteiger partial charge is 0.254 e. The summed E-state index contributed by atoms with van der Waals surface area (Å²) in [5.74, 6) is 0.0794. The number of carbonyl (C=O) groups is 1. The molecular formula is C15H17N3OS. The Hall–Kier alpha value is -1.72. The van der Waals surface area contributed by atoms with Gasteiger partial charge in [-0.1, -0.05) is 0 Å². The van der Waals surface area contributed by atoms with Crippen LogP contribution in [0.15, 0.2) is 35.2 Å². The number of rotatable bonds is 5. The Morgan fingerprint density at radius 2 is 2.30 bits per heavy atom. The Labute approximate surface area is 122 Å². The fourth-order valence-electron chi connectivity index (χ4n) is 2.22. The molecule has 5 heteroatoms. The molecule has 1 amide bonds. The van der Waals surface area contributed by atoms with Crippen LogP contribution >= 0.6 is 11.3 Å². The summed E-state index contributed by atoms with van der Waals surface area (Å²) >= 11 is 1.66. The van der Waals surface area contributed by atoms with Gasteiger partial charge in [-0.3, -0.25) is 9.78 Å². The summed E-state index contributed by atoms with van der Waals surface area (Å²) in [6.07, 6.45) is 3.86. The van der Waals surface area contributed by atoms with Crippen molar-refractivity contribution in [3.05, 3.63) is 52.0 Å². The van der Waals surface area contributed by atoms with Crippen LogP contribution in [0.4, 0.5) is 0 Å². The number of nitrogens with two attached hydrogens (primary N) is 1. The molecule has 20 heavy (non-hydrogen) atoms. The van der Waals surface area contributed by atoms with Crippen LogP contribution in [-0.4, -0.2) is 21.8 Å². The molecule has 2 N–H and O–H groups in total. The number of carbonyl (C=O) groups excluding carboxylic acids is 1. The summed E-state index contributed by atoms with van der Waals surface area (Å²) in [4.78, 5) is 18.8. The third-order valence-electron chi connectivity index (χ3n) is 3.45. The van der Waals surface area contributed by atoms with E-state index in [1.165, 1.54) is 5.56 Å². The highest BCUT2D eigenvalue weighted by molar-refractivity contribution is 7.07. The normalized spacial score (nSPS) is 14.2. The summed E-state index contributed by atoms with van der Waals surface area (Å²) in [5.41, 5.74) is 8.22. The van der Waals surface area contributed by atoms with Crippen LogP contribution in [0, 0.1) is 0 Å². The van der Waals surface area contributed by atoms with Crippen molar-refractivity contribution in [3.63, 3.8) is 0 Å². The predicted molar refractivity (Wildman–Crippen MR) is 79.3 cm³/mol. The maximum Gasteiger partial charge on any atom is 0.254 e. The highest BCUT2D eigenvalue weighted by Gasteiger charge is 2.33. The van der Waals surface area contributed by atoms with E-state index in [0.717, 1.165) is 18.5 Å². The lowest BCUT2D eigenvalue weighted by molar-refractivity contribution is 0.0730. The second-order valence-corrected chi connectivity index (χ2v) is 5.82. The minimum Gasteiger partial charge on any atom is -0.331 e. The summed E-state index contributed by atoms with van der Waals surface area (Å²) in [6.45, 7) is 1.04. The minimum atomic E-state index is 0.0794. The maximum absolute atomic E-state index is 12.7. The summed E-state index contributed by atoms with van der Waals surface area (Å²) in [7, 11) is 0. The first-order valence-electron chi connectivity index (χ1n) is 6.75. The molecule has 2 aromatic heterocycles. The van der Waals surface area contributed by atoms with E-state index in [1.807, 2.05) is 10.3 Å². The summed E-state index contributed by atoms with van der Waals surface area (Å²) in [6, 6.07) is 6.03. The van der Waals surface area contributed by atoms with Gasteiger partial charge in [-0.15, -0.1) is 0 Å². The fraction of sp³-hybridized carbons (Fsp3) is 0.333. The van der Waals surface area contributed by atoms with Crippen molar-refractivity contribution in [2.24, 2.45) is 5.73 Å². The second-order valence-electron chi connectivity index (χ2n) is 5.04. The summed E-state index contributed by atoms with van der Waals surface area (Å²) < 4.78 is 0. The van der Waals surface area contributed by atoms with Crippen LogP contribution in [0.5, 0.6) is 0 Å². The molecule has 2 aromatic rings. The first-order chi connectivity index (χ1) is 9.78. The molecule has 0 unspecified atom stereocenters. The monoisotopic (exact) mass is 287 g/mol. The Morgan fingerprint density at radius 1 is 1.45 bits per heavy atom. The van der Waals surface area contributed by atoms with Crippen molar-refractivity contribution in [1.82, 2.24) is 9.88 Å². The molecule has 0 spiro atoms. The molecule has 1 aliphatic carbocycles. The average Bonchev–Trinajstić information content (AvgIpc) is 3.20. The van der Waals surface area contributed by atoms with Gasteiger partial charge in [-0.05, 0) is 47.4 Å². The number of pyridine rings is 1. The van der Waals surface area contributed by atoms with Crippen LogP contribution < -0.4 is 5.73 Å². The number of hydrogen-bond acceptors (Lipinski definition) is 4. The maximum atomic E-state index is 12.7. The highest BCUT2D eigenvalue weighted by atomic mass is 32.1. The van der Waals surface area contributed by atoms with Crippen molar-refractivity contribution in [2.75, 3.05) is 0 Å². The Morgan fingerprint density at radius 3 is 2.95 bits per heavy atom. The van der Waals surface area contributed by atoms with Crippen LogP contribution in [-0.2, 0) is 13.1 Å². The molecule has 0 bridgehead atoms. The second kappa shape index (κ2) is 5.73. The zero-order chi connectivity index (χ0) is 13.9. The van der Waals surface area contributed by atoms with Gasteiger partial charge < -0.3 is 10.6 Å². The van der Waals surface area contributed by atoms with Gasteiger partial charge in [0.15, 0.2) is 0 Å². The molecule has 3 rings (SSSR count). The standard InChI is InChI=1S/C15H17N3OS/c16-8-13-7-12(3-5-17-13)15(19)18(14-1-2-14)9-11-4-6-20-10-11/h3-7,10,14H,1-2,8-9,16H2. The molecule has 0 atom stereocenters. The van der Waals surface area contributed by atoms with Gasteiger partial charge in [-0.25, -0.2) is 0 Å².